The summed E-state index contributed by atoms with van der Waals surface area (Å²) in [6.07, 6.45) is 0. The maximum Gasteiger partial charge on any atom is 0.247 e. The lowest BCUT2D eigenvalue weighted by molar-refractivity contribution is -0.126. The van der Waals surface area contributed by atoms with Crippen LogP contribution in [0.4, 0.5) is 5.69 Å². The van der Waals surface area contributed by atoms with E-state index in [0.717, 1.165) is 0 Å². The lowest BCUT2D eigenvalue weighted by atomic mass is 10.0. The predicted molar refractivity (Wildman–Crippen MR) is 80.6 cm³/mol. The molecule has 0 aliphatic heterocycles. The molecule has 0 aromatic heterocycles. The lowest BCUT2D eigenvalue weighted by Crippen LogP contribution is -2.46. The molecule has 2 N–H and O–H groups in total. The Morgan fingerprint density at radius 1 is 1.14 bits per heavy atom. The fourth-order valence-corrected chi connectivity index (χ4v) is 1.87. The normalized spacial score (nSPS) is 11.7. The Bertz CT molecular complexity index is 514. The summed E-state index contributed by atoms with van der Waals surface area (Å²) in [5, 5.41) is 5.41. The minimum Gasteiger partial charge on any atom is -0.497 e. The Morgan fingerprint density at radius 2 is 1.81 bits per heavy atom. The van der Waals surface area contributed by atoms with Crippen LogP contribution < -0.4 is 20.1 Å². The second-order valence-electron chi connectivity index (χ2n) is 4.98. The van der Waals surface area contributed by atoms with Crippen LogP contribution in [0.3, 0.4) is 0 Å². The smallest absolute Gasteiger partial charge is 0.247 e. The van der Waals surface area contributed by atoms with Gasteiger partial charge in [-0.25, -0.2) is 0 Å². The van der Waals surface area contributed by atoms with Crippen molar-refractivity contribution in [3.8, 4) is 11.5 Å². The first-order valence-electron chi connectivity index (χ1n) is 6.69. The van der Waals surface area contributed by atoms with E-state index >= 15 is 0 Å². The van der Waals surface area contributed by atoms with Crippen molar-refractivity contribution in [1.29, 1.82) is 0 Å². The Kier molecular flexibility index (Phi) is 6.02. The van der Waals surface area contributed by atoms with Crippen LogP contribution >= 0.6 is 0 Å². The summed E-state index contributed by atoms with van der Waals surface area (Å²) in [5.74, 6) is 0.563. The van der Waals surface area contributed by atoms with E-state index in [4.69, 9.17) is 9.47 Å². The molecule has 116 valence electrons. The number of anilines is 1. The number of benzene rings is 1. The molecule has 1 atom stereocenters. The van der Waals surface area contributed by atoms with Crippen LogP contribution in [0.15, 0.2) is 18.2 Å². The number of methoxy groups -OCH3 is 2. The first-order chi connectivity index (χ1) is 9.88. The first kappa shape index (κ1) is 16.8. The molecule has 1 unspecified atom stereocenters. The van der Waals surface area contributed by atoms with Crippen molar-refractivity contribution in [3.63, 3.8) is 0 Å². The molecule has 6 nitrogen and oxygen atoms in total. The molecule has 1 aromatic rings. The highest BCUT2D eigenvalue weighted by Gasteiger charge is 2.23. The largest absolute Gasteiger partial charge is 0.497 e. The number of rotatable bonds is 6. The van der Waals surface area contributed by atoms with E-state index in [1.165, 1.54) is 14.0 Å². The van der Waals surface area contributed by atoms with Gasteiger partial charge in [-0.2, -0.15) is 0 Å². The van der Waals surface area contributed by atoms with E-state index in [1.807, 2.05) is 13.8 Å². The molecule has 0 aliphatic rings. The third-order valence-corrected chi connectivity index (χ3v) is 2.97. The van der Waals surface area contributed by atoms with Crippen molar-refractivity contribution in [3.05, 3.63) is 18.2 Å². The molecule has 0 radical (unpaired) electrons. The fraction of sp³-hybridized carbons (Fsp3) is 0.467. The quantitative estimate of drug-likeness (QED) is 0.839. The third-order valence-electron chi connectivity index (χ3n) is 2.97. The van der Waals surface area contributed by atoms with Gasteiger partial charge < -0.3 is 20.1 Å². The number of ether oxygens (including phenoxy) is 2. The Morgan fingerprint density at radius 3 is 2.29 bits per heavy atom. The van der Waals surface area contributed by atoms with E-state index in [9.17, 15) is 9.59 Å². The van der Waals surface area contributed by atoms with Gasteiger partial charge in [0.15, 0.2) is 0 Å². The molecule has 1 aromatic carbocycles. The van der Waals surface area contributed by atoms with Crippen LogP contribution in [-0.4, -0.2) is 32.1 Å². The van der Waals surface area contributed by atoms with E-state index in [0.29, 0.717) is 17.2 Å². The summed E-state index contributed by atoms with van der Waals surface area (Å²) in [6, 6.07) is 4.49. The van der Waals surface area contributed by atoms with Gasteiger partial charge in [0.2, 0.25) is 11.8 Å². The Balaban J connectivity index is 2.92. The highest BCUT2D eigenvalue weighted by atomic mass is 16.5. The van der Waals surface area contributed by atoms with Gasteiger partial charge in [0, 0.05) is 13.0 Å². The van der Waals surface area contributed by atoms with Gasteiger partial charge in [-0.3, -0.25) is 9.59 Å². The van der Waals surface area contributed by atoms with E-state index in [1.54, 1.807) is 25.3 Å². The molecule has 0 aliphatic carbocycles. The average molecular weight is 294 g/mol. The van der Waals surface area contributed by atoms with Crippen molar-refractivity contribution < 1.29 is 19.1 Å². The average Bonchev–Trinajstić information content (AvgIpc) is 2.44. The van der Waals surface area contributed by atoms with Crippen LogP contribution in [0.2, 0.25) is 0 Å². The standard InChI is InChI=1S/C15H22N2O4/c1-9(2)14(16-10(3)18)15(19)17-12-7-6-11(20-4)8-13(12)21-5/h6-9,14H,1-5H3,(H,16,18)(H,17,19). The Hall–Kier alpha value is -2.24. The molecular weight excluding hydrogens is 272 g/mol. The third kappa shape index (κ3) is 4.66. The summed E-state index contributed by atoms with van der Waals surface area (Å²) in [7, 11) is 3.07. The number of carbonyl (C=O) groups excluding carboxylic acids is 2. The number of amides is 2. The van der Waals surface area contributed by atoms with Gasteiger partial charge in [-0.15, -0.1) is 0 Å². The molecule has 0 heterocycles. The summed E-state index contributed by atoms with van der Waals surface area (Å²) < 4.78 is 10.3. The molecule has 6 heteroatoms. The summed E-state index contributed by atoms with van der Waals surface area (Å²) >= 11 is 0. The van der Waals surface area contributed by atoms with Crippen molar-refractivity contribution >= 4 is 17.5 Å². The highest BCUT2D eigenvalue weighted by molar-refractivity contribution is 5.98. The van der Waals surface area contributed by atoms with E-state index < -0.39 is 6.04 Å². The summed E-state index contributed by atoms with van der Waals surface area (Å²) in [4.78, 5) is 23.5. The van der Waals surface area contributed by atoms with Crippen molar-refractivity contribution in [2.24, 2.45) is 5.92 Å². The van der Waals surface area contributed by atoms with Crippen LogP contribution in [0.25, 0.3) is 0 Å². The summed E-state index contributed by atoms with van der Waals surface area (Å²) in [6.45, 7) is 5.12. The van der Waals surface area contributed by atoms with Crippen LogP contribution in [0, 0.1) is 5.92 Å². The zero-order chi connectivity index (χ0) is 16.0. The lowest BCUT2D eigenvalue weighted by Gasteiger charge is -2.21. The van der Waals surface area contributed by atoms with Gasteiger partial charge in [0.1, 0.15) is 17.5 Å². The molecule has 1 rings (SSSR count). The van der Waals surface area contributed by atoms with Gasteiger partial charge in [-0.05, 0) is 18.1 Å². The number of hydrogen-bond donors (Lipinski definition) is 2. The monoisotopic (exact) mass is 294 g/mol. The molecule has 0 saturated heterocycles. The van der Waals surface area contributed by atoms with Crippen molar-refractivity contribution in [2.75, 3.05) is 19.5 Å². The second kappa shape index (κ2) is 7.52. The molecule has 0 spiro atoms. The first-order valence-corrected chi connectivity index (χ1v) is 6.69. The SMILES string of the molecule is COc1ccc(NC(=O)C(NC(C)=O)C(C)C)c(OC)c1. The minimum atomic E-state index is -0.602. The summed E-state index contributed by atoms with van der Waals surface area (Å²) in [5.41, 5.74) is 0.527. The number of carbonyl (C=O) groups is 2. The molecule has 0 bridgehead atoms. The highest BCUT2D eigenvalue weighted by Crippen LogP contribution is 2.29. The van der Waals surface area contributed by atoms with Crippen LogP contribution in [-0.2, 0) is 9.59 Å². The predicted octanol–water partition coefficient (Wildman–Crippen LogP) is 1.80. The van der Waals surface area contributed by atoms with Gasteiger partial charge in [-0.1, -0.05) is 13.8 Å². The maximum atomic E-state index is 12.3. The van der Waals surface area contributed by atoms with Crippen LogP contribution in [0.5, 0.6) is 11.5 Å². The minimum absolute atomic E-state index is 0.0295. The molecule has 0 fully saturated rings. The van der Waals surface area contributed by atoms with Gasteiger partial charge in [0.25, 0.3) is 0 Å². The van der Waals surface area contributed by atoms with Gasteiger partial charge >= 0.3 is 0 Å². The van der Waals surface area contributed by atoms with Crippen LogP contribution in [0.1, 0.15) is 20.8 Å². The van der Waals surface area contributed by atoms with Crippen molar-refractivity contribution in [1.82, 2.24) is 5.32 Å². The second-order valence-corrected chi connectivity index (χ2v) is 4.98. The number of hydrogen-bond acceptors (Lipinski definition) is 4. The van der Waals surface area contributed by atoms with E-state index in [-0.39, 0.29) is 17.7 Å². The maximum absolute atomic E-state index is 12.3. The molecular formula is C15H22N2O4. The molecule has 0 saturated carbocycles. The zero-order valence-corrected chi connectivity index (χ0v) is 13.0. The zero-order valence-electron chi connectivity index (χ0n) is 13.0. The Labute approximate surface area is 124 Å². The number of nitrogens with one attached hydrogen (secondary N) is 2. The molecule has 21 heavy (non-hydrogen) atoms. The van der Waals surface area contributed by atoms with Crippen molar-refractivity contribution in [2.45, 2.75) is 26.8 Å². The van der Waals surface area contributed by atoms with Gasteiger partial charge in [0.05, 0.1) is 19.9 Å². The fourth-order valence-electron chi connectivity index (χ4n) is 1.87. The molecule has 2 amide bonds. The topological polar surface area (TPSA) is 76.7 Å². The van der Waals surface area contributed by atoms with E-state index in [2.05, 4.69) is 10.6 Å².